The second kappa shape index (κ2) is 9.56. The van der Waals surface area contributed by atoms with Gasteiger partial charge < -0.3 is 19.6 Å². The van der Waals surface area contributed by atoms with Gasteiger partial charge in [0.25, 0.3) is 5.91 Å². The fourth-order valence-electron chi connectivity index (χ4n) is 2.92. The molecule has 30 heavy (non-hydrogen) atoms. The summed E-state index contributed by atoms with van der Waals surface area (Å²) < 4.78 is 11.2. The zero-order valence-corrected chi connectivity index (χ0v) is 17.9. The van der Waals surface area contributed by atoms with E-state index in [0.717, 1.165) is 16.8 Å². The molecule has 0 spiro atoms. The first kappa shape index (κ1) is 21.5. The first-order chi connectivity index (χ1) is 14.4. The molecule has 0 fully saturated rings. The Labute approximate surface area is 180 Å². The van der Waals surface area contributed by atoms with Crippen molar-refractivity contribution < 1.29 is 19.1 Å². The van der Waals surface area contributed by atoms with Crippen molar-refractivity contribution in [3.63, 3.8) is 0 Å². The number of ether oxygens (including phenoxy) is 1. The van der Waals surface area contributed by atoms with Gasteiger partial charge in [0.05, 0.1) is 6.10 Å². The molecule has 0 radical (unpaired) electrons. The summed E-state index contributed by atoms with van der Waals surface area (Å²) in [6, 6.07) is 16.1. The van der Waals surface area contributed by atoms with Crippen molar-refractivity contribution in [2.24, 2.45) is 0 Å². The van der Waals surface area contributed by atoms with Gasteiger partial charge in [-0.3, -0.25) is 10.1 Å². The van der Waals surface area contributed by atoms with Crippen LogP contribution in [0.15, 0.2) is 59.0 Å². The monoisotopic (exact) mass is 424 g/mol. The van der Waals surface area contributed by atoms with Gasteiger partial charge in [-0.15, -0.1) is 0 Å². The highest BCUT2D eigenvalue weighted by Gasteiger charge is 2.11. The first-order valence-corrected chi connectivity index (χ1v) is 9.96. The Morgan fingerprint density at radius 2 is 1.87 bits per heavy atom. The van der Waals surface area contributed by atoms with E-state index in [2.05, 4.69) is 10.6 Å². The van der Waals surface area contributed by atoms with Gasteiger partial charge >= 0.3 is 0 Å². The van der Waals surface area contributed by atoms with E-state index in [4.69, 9.17) is 26.5 Å². The lowest BCUT2D eigenvalue weighted by molar-refractivity contribution is 0.0977. The SMILES string of the molecule is Cc1cc(NC(=S)NC(=O)c2ccc(OC(C)C)cc2)ccc1-c1ccc(CO)o1. The fraction of sp³-hybridized carbons (Fsp3) is 0.217. The molecule has 0 aliphatic heterocycles. The lowest BCUT2D eigenvalue weighted by Crippen LogP contribution is -2.34. The van der Waals surface area contributed by atoms with E-state index in [-0.39, 0.29) is 23.7 Å². The highest BCUT2D eigenvalue weighted by Crippen LogP contribution is 2.27. The number of anilines is 1. The maximum Gasteiger partial charge on any atom is 0.257 e. The molecule has 7 heteroatoms. The average Bonchev–Trinajstić information content (AvgIpc) is 3.17. The van der Waals surface area contributed by atoms with Crippen LogP contribution in [0.1, 0.15) is 35.5 Å². The topological polar surface area (TPSA) is 83.7 Å². The lowest BCUT2D eigenvalue weighted by Gasteiger charge is -2.12. The molecule has 1 amide bonds. The maximum atomic E-state index is 12.4. The van der Waals surface area contributed by atoms with Gasteiger partial charge in [0, 0.05) is 16.8 Å². The predicted molar refractivity (Wildman–Crippen MR) is 121 cm³/mol. The number of furan rings is 1. The van der Waals surface area contributed by atoms with Crippen molar-refractivity contribution >= 4 is 28.9 Å². The van der Waals surface area contributed by atoms with E-state index < -0.39 is 0 Å². The van der Waals surface area contributed by atoms with Crippen LogP contribution >= 0.6 is 12.2 Å². The van der Waals surface area contributed by atoms with Crippen LogP contribution in [0.5, 0.6) is 5.75 Å². The van der Waals surface area contributed by atoms with Crippen LogP contribution in [0.25, 0.3) is 11.3 Å². The Morgan fingerprint density at radius 1 is 1.13 bits per heavy atom. The van der Waals surface area contributed by atoms with E-state index in [1.165, 1.54) is 0 Å². The number of aryl methyl sites for hydroxylation is 1. The molecule has 0 saturated carbocycles. The summed E-state index contributed by atoms with van der Waals surface area (Å²) in [4.78, 5) is 12.4. The predicted octanol–water partition coefficient (Wildman–Crippen LogP) is 4.66. The number of nitrogens with one attached hydrogen (secondary N) is 2. The third-order valence-corrected chi connectivity index (χ3v) is 4.49. The third-order valence-electron chi connectivity index (χ3n) is 4.28. The van der Waals surface area contributed by atoms with Gasteiger partial charge in [-0.05, 0) is 93.1 Å². The quantitative estimate of drug-likeness (QED) is 0.499. The van der Waals surface area contributed by atoms with Crippen LogP contribution in [0.3, 0.4) is 0 Å². The minimum Gasteiger partial charge on any atom is -0.491 e. The third kappa shape index (κ3) is 5.46. The number of rotatable bonds is 6. The van der Waals surface area contributed by atoms with Gasteiger partial charge in [0.1, 0.15) is 23.9 Å². The normalized spacial score (nSPS) is 10.7. The summed E-state index contributed by atoms with van der Waals surface area (Å²) in [5, 5.41) is 15.1. The van der Waals surface area contributed by atoms with Gasteiger partial charge in [-0.1, -0.05) is 0 Å². The van der Waals surface area contributed by atoms with Crippen LogP contribution in [0.4, 0.5) is 5.69 Å². The summed E-state index contributed by atoms with van der Waals surface area (Å²) in [6.07, 6.45) is 0.0702. The molecule has 1 aromatic heterocycles. The van der Waals surface area contributed by atoms with Gasteiger partial charge in [-0.25, -0.2) is 0 Å². The summed E-state index contributed by atoms with van der Waals surface area (Å²) in [5.74, 6) is 1.60. The molecule has 0 atom stereocenters. The minimum absolute atomic E-state index is 0.0702. The number of thiocarbonyl (C=S) groups is 1. The number of hydrogen-bond acceptors (Lipinski definition) is 5. The second-order valence-corrected chi connectivity index (χ2v) is 7.46. The molecule has 3 rings (SSSR count). The Kier molecular flexibility index (Phi) is 6.87. The lowest BCUT2D eigenvalue weighted by atomic mass is 10.1. The molecule has 0 saturated heterocycles. The number of aliphatic hydroxyl groups excluding tert-OH is 1. The largest absolute Gasteiger partial charge is 0.491 e. The number of carbonyl (C=O) groups excluding carboxylic acids is 1. The number of carbonyl (C=O) groups is 1. The molecule has 0 aliphatic carbocycles. The summed E-state index contributed by atoms with van der Waals surface area (Å²) in [7, 11) is 0. The molecule has 3 N–H and O–H groups in total. The zero-order chi connectivity index (χ0) is 21.7. The van der Waals surface area contributed by atoms with Crippen LogP contribution in [-0.4, -0.2) is 22.2 Å². The zero-order valence-electron chi connectivity index (χ0n) is 17.1. The van der Waals surface area contributed by atoms with Crippen LogP contribution in [0.2, 0.25) is 0 Å². The molecular formula is C23H24N2O4S. The van der Waals surface area contributed by atoms with Crippen molar-refractivity contribution in [1.29, 1.82) is 0 Å². The van der Waals surface area contributed by atoms with Crippen molar-refractivity contribution in [3.05, 3.63) is 71.5 Å². The van der Waals surface area contributed by atoms with Crippen molar-refractivity contribution in [1.82, 2.24) is 5.32 Å². The van der Waals surface area contributed by atoms with Crippen molar-refractivity contribution in [2.45, 2.75) is 33.5 Å². The molecule has 2 aromatic carbocycles. The maximum absolute atomic E-state index is 12.4. The van der Waals surface area contributed by atoms with Gasteiger partial charge in [-0.2, -0.15) is 0 Å². The number of aliphatic hydroxyl groups is 1. The van der Waals surface area contributed by atoms with Crippen molar-refractivity contribution in [3.8, 4) is 17.1 Å². The van der Waals surface area contributed by atoms with Gasteiger partial charge in [0.15, 0.2) is 5.11 Å². The number of amides is 1. The molecule has 0 unspecified atom stereocenters. The smallest absolute Gasteiger partial charge is 0.257 e. The first-order valence-electron chi connectivity index (χ1n) is 9.55. The van der Waals surface area contributed by atoms with E-state index >= 15 is 0 Å². The Bertz CT molecular complexity index is 1040. The van der Waals surface area contributed by atoms with Crippen LogP contribution in [-0.2, 0) is 6.61 Å². The molecule has 3 aromatic rings. The fourth-order valence-corrected chi connectivity index (χ4v) is 3.13. The highest BCUT2D eigenvalue weighted by atomic mass is 32.1. The highest BCUT2D eigenvalue weighted by molar-refractivity contribution is 7.80. The molecule has 0 aliphatic rings. The standard InChI is InChI=1S/C23H24N2O4S/c1-14(2)28-18-7-4-16(5-8-18)22(27)25-23(30)24-17-6-10-20(15(3)12-17)21-11-9-19(13-26)29-21/h4-12,14,26H,13H2,1-3H3,(H2,24,25,27,30). The number of benzene rings is 2. The van der Waals surface area contributed by atoms with Gasteiger partial charge in [0.2, 0.25) is 0 Å². The Hall–Kier alpha value is -3.16. The summed E-state index contributed by atoms with van der Waals surface area (Å²) >= 11 is 5.27. The minimum atomic E-state index is -0.302. The Morgan fingerprint density at radius 3 is 2.47 bits per heavy atom. The summed E-state index contributed by atoms with van der Waals surface area (Å²) in [5.41, 5.74) is 3.11. The van der Waals surface area contributed by atoms with E-state index in [9.17, 15) is 4.79 Å². The molecule has 0 bridgehead atoms. The van der Waals surface area contributed by atoms with Crippen LogP contribution in [0, 0.1) is 6.92 Å². The second-order valence-electron chi connectivity index (χ2n) is 7.05. The average molecular weight is 425 g/mol. The van der Waals surface area contributed by atoms with E-state index in [1.807, 2.05) is 45.0 Å². The van der Waals surface area contributed by atoms with E-state index in [1.54, 1.807) is 30.3 Å². The van der Waals surface area contributed by atoms with E-state index in [0.29, 0.717) is 22.8 Å². The Balaban J connectivity index is 1.61. The molecule has 6 nitrogen and oxygen atoms in total. The summed E-state index contributed by atoms with van der Waals surface area (Å²) in [6.45, 7) is 5.70. The molecular weight excluding hydrogens is 400 g/mol. The molecule has 1 heterocycles. The number of hydrogen-bond donors (Lipinski definition) is 3. The van der Waals surface area contributed by atoms with Crippen molar-refractivity contribution in [2.75, 3.05) is 5.32 Å². The molecule has 156 valence electrons. The van der Waals surface area contributed by atoms with Crippen LogP contribution < -0.4 is 15.4 Å².